The van der Waals surface area contributed by atoms with Crippen molar-refractivity contribution < 1.29 is 0 Å². The van der Waals surface area contributed by atoms with E-state index in [1.807, 2.05) is 4.90 Å². The van der Waals surface area contributed by atoms with Crippen LogP contribution in [0.1, 0.15) is 6.42 Å². The standard InChI is InChI=1S/C7H8BrN3O2.ClH/c8-4-5(11-2-1-3-11)9-7(13)10-6(4)12;/h1-3H2,(H2,9,10,12,13);1H. The van der Waals surface area contributed by atoms with Gasteiger partial charge in [0, 0.05) is 13.1 Å². The van der Waals surface area contributed by atoms with Gasteiger partial charge in [0.25, 0.3) is 5.56 Å². The third-order valence-electron chi connectivity index (χ3n) is 2.04. The number of H-pyrrole nitrogens is 2. The van der Waals surface area contributed by atoms with Gasteiger partial charge in [0.2, 0.25) is 0 Å². The summed E-state index contributed by atoms with van der Waals surface area (Å²) in [7, 11) is 0. The summed E-state index contributed by atoms with van der Waals surface area (Å²) in [6, 6.07) is 0. The molecule has 5 nitrogen and oxygen atoms in total. The molecule has 0 aliphatic carbocycles. The SMILES string of the molecule is Cl.O=c1[nH]c(N2CCC2)c(Br)c(=O)[nH]1. The van der Waals surface area contributed by atoms with Crippen LogP contribution < -0.4 is 16.1 Å². The molecule has 78 valence electrons. The molecule has 0 unspecified atom stereocenters. The topological polar surface area (TPSA) is 69.0 Å². The van der Waals surface area contributed by atoms with Gasteiger partial charge >= 0.3 is 5.69 Å². The van der Waals surface area contributed by atoms with Gasteiger partial charge in [-0.2, -0.15) is 0 Å². The summed E-state index contributed by atoms with van der Waals surface area (Å²) in [6.07, 6.45) is 1.10. The van der Waals surface area contributed by atoms with Crippen LogP contribution >= 0.6 is 28.3 Å². The van der Waals surface area contributed by atoms with Crippen molar-refractivity contribution in [2.24, 2.45) is 0 Å². The van der Waals surface area contributed by atoms with Gasteiger partial charge in [-0.15, -0.1) is 12.4 Å². The predicted octanol–water partition coefficient (Wildman–Crippen LogP) is 0.458. The minimum atomic E-state index is -0.463. The Morgan fingerprint density at radius 3 is 2.36 bits per heavy atom. The summed E-state index contributed by atoms with van der Waals surface area (Å²) in [6.45, 7) is 1.77. The van der Waals surface area contributed by atoms with Gasteiger partial charge in [0.15, 0.2) is 0 Å². The third kappa shape index (κ3) is 1.85. The Morgan fingerprint density at radius 1 is 1.21 bits per heavy atom. The monoisotopic (exact) mass is 281 g/mol. The van der Waals surface area contributed by atoms with Crippen LogP contribution in [0.3, 0.4) is 0 Å². The summed E-state index contributed by atoms with van der Waals surface area (Å²) < 4.78 is 0.395. The van der Waals surface area contributed by atoms with Gasteiger partial charge in [0.05, 0.1) is 0 Å². The van der Waals surface area contributed by atoms with Crippen LogP contribution in [0.5, 0.6) is 0 Å². The van der Waals surface area contributed by atoms with Crippen LogP contribution in [0.25, 0.3) is 0 Å². The Labute approximate surface area is 94.1 Å². The van der Waals surface area contributed by atoms with Crippen molar-refractivity contribution in [3.8, 4) is 0 Å². The molecule has 7 heteroatoms. The van der Waals surface area contributed by atoms with Crippen molar-refractivity contribution in [3.63, 3.8) is 0 Å². The number of rotatable bonds is 1. The van der Waals surface area contributed by atoms with Crippen LogP contribution in [0.4, 0.5) is 5.82 Å². The third-order valence-corrected chi connectivity index (χ3v) is 2.77. The van der Waals surface area contributed by atoms with E-state index in [9.17, 15) is 9.59 Å². The van der Waals surface area contributed by atoms with Crippen LogP contribution in [0, 0.1) is 0 Å². The lowest BCUT2D eigenvalue weighted by Gasteiger charge is -2.32. The maximum atomic E-state index is 11.2. The van der Waals surface area contributed by atoms with Gasteiger partial charge in [-0.3, -0.25) is 14.8 Å². The predicted molar refractivity (Wildman–Crippen MR) is 59.5 cm³/mol. The van der Waals surface area contributed by atoms with Crippen molar-refractivity contribution in [1.82, 2.24) is 9.97 Å². The number of aromatic amines is 2. The Hall–Kier alpha value is -0.750. The van der Waals surface area contributed by atoms with E-state index in [4.69, 9.17) is 0 Å². The van der Waals surface area contributed by atoms with E-state index < -0.39 is 5.69 Å². The quantitative estimate of drug-likeness (QED) is 0.786. The Bertz CT molecular complexity index is 437. The molecule has 2 N–H and O–H groups in total. The zero-order valence-corrected chi connectivity index (χ0v) is 9.57. The lowest BCUT2D eigenvalue weighted by atomic mass is 10.2. The summed E-state index contributed by atoms with van der Waals surface area (Å²) in [4.78, 5) is 28.8. The molecule has 1 aromatic heterocycles. The summed E-state index contributed by atoms with van der Waals surface area (Å²) in [5.41, 5.74) is -0.847. The molecule has 1 saturated heterocycles. The molecular weight excluding hydrogens is 273 g/mol. The highest BCUT2D eigenvalue weighted by Crippen LogP contribution is 2.22. The molecule has 0 radical (unpaired) electrons. The molecule has 1 fully saturated rings. The number of nitrogens with one attached hydrogen (secondary N) is 2. The number of hydrogen-bond donors (Lipinski definition) is 2. The van der Waals surface area contributed by atoms with Crippen molar-refractivity contribution in [2.45, 2.75) is 6.42 Å². The summed E-state index contributed by atoms with van der Waals surface area (Å²) in [5, 5.41) is 0. The van der Waals surface area contributed by atoms with Crippen LogP contribution in [0.15, 0.2) is 14.1 Å². The molecule has 0 spiro atoms. The van der Waals surface area contributed by atoms with Crippen LogP contribution in [-0.2, 0) is 0 Å². The molecule has 1 aliphatic heterocycles. The molecule has 0 aromatic carbocycles. The Morgan fingerprint density at radius 2 is 1.86 bits per heavy atom. The van der Waals surface area contributed by atoms with E-state index in [1.54, 1.807) is 0 Å². The first kappa shape index (κ1) is 11.3. The first-order chi connectivity index (χ1) is 6.18. The molecule has 0 bridgehead atoms. The average molecular weight is 283 g/mol. The smallest absolute Gasteiger partial charge is 0.327 e. The van der Waals surface area contributed by atoms with Gasteiger partial charge in [-0.05, 0) is 22.4 Å². The number of aromatic nitrogens is 2. The van der Waals surface area contributed by atoms with Crippen molar-refractivity contribution in [2.75, 3.05) is 18.0 Å². The highest BCUT2D eigenvalue weighted by Gasteiger charge is 2.19. The van der Waals surface area contributed by atoms with E-state index in [0.717, 1.165) is 19.5 Å². The Kier molecular flexibility index (Phi) is 3.38. The van der Waals surface area contributed by atoms with Gasteiger partial charge in [0.1, 0.15) is 10.3 Å². The fraction of sp³-hybridized carbons (Fsp3) is 0.429. The fourth-order valence-corrected chi connectivity index (χ4v) is 1.67. The molecule has 0 atom stereocenters. The van der Waals surface area contributed by atoms with Crippen molar-refractivity contribution in [3.05, 3.63) is 25.3 Å². The molecule has 0 saturated carbocycles. The zero-order chi connectivity index (χ0) is 9.42. The van der Waals surface area contributed by atoms with Gasteiger partial charge in [-0.25, -0.2) is 4.79 Å². The Balaban J connectivity index is 0.000000980. The number of anilines is 1. The number of hydrogen-bond acceptors (Lipinski definition) is 3. The van der Waals surface area contributed by atoms with Crippen molar-refractivity contribution >= 4 is 34.2 Å². The van der Waals surface area contributed by atoms with E-state index in [1.165, 1.54) is 0 Å². The summed E-state index contributed by atoms with van der Waals surface area (Å²) in [5.74, 6) is 0.583. The maximum Gasteiger partial charge on any atom is 0.327 e. The lowest BCUT2D eigenvalue weighted by Crippen LogP contribution is -2.40. The average Bonchev–Trinajstić information content (AvgIpc) is 1.95. The van der Waals surface area contributed by atoms with Crippen LogP contribution in [0.2, 0.25) is 0 Å². The highest BCUT2D eigenvalue weighted by atomic mass is 79.9. The number of nitrogens with zero attached hydrogens (tertiary/aromatic N) is 1. The second-order valence-electron chi connectivity index (χ2n) is 2.91. The second-order valence-corrected chi connectivity index (χ2v) is 3.70. The van der Waals surface area contributed by atoms with E-state index in [-0.39, 0.29) is 18.0 Å². The lowest BCUT2D eigenvalue weighted by molar-refractivity contribution is 0.605. The first-order valence-electron chi connectivity index (χ1n) is 3.95. The highest BCUT2D eigenvalue weighted by molar-refractivity contribution is 9.10. The molecule has 14 heavy (non-hydrogen) atoms. The molecular formula is C7H9BrClN3O2. The molecule has 0 amide bonds. The van der Waals surface area contributed by atoms with E-state index in [0.29, 0.717) is 10.3 Å². The molecule has 2 heterocycles. The minimum absolute atomic E-state index is 0. The van der Waals surface area contributed by atoms with Gasteiger partial charge < -0.3 is 4.90 Å². The van der Waals surface area contributed by atoms with Crippen molar-refractivity contribution in [1.29, 1.82) is 0 Å². The fourth-order valence-electron chi connectivity index (χ4n) is 1.22. The number of halogens is 2. The van der Waals surface area contributed by atoms with E-state index in [2.05, 4.69) is 25.9 Å². The second kappa shape index (κ2) is 4.18. The molecule has 2 rings (SSSR count). The van der Waals surface area contributed by atoms with Crippen LogP contribution in [-0.4, -0.2) is 23.1 Å². The first-order valence-corrected chi connectivity index (χ1v) is 4.75. The molecule has 1 aromatic rings. The molecule has 1 aliphatic rings. The van der Waals surface area contributed by atoms with E-state index >= 15 is 0 Å². The van der Waals surface area contributed by atoms with Gasteiger partial charge in [-0.1, -0.05) is 0 Å². The zero-order valence-electron chi connectivity index (χ0n) is 7.17. The maximum absolute atomic E-state index is 11.2. The normalized spacial score (nSPS) is 14.5. The largest absolute Gasteiger partial charge is 0.357 e. The summed E-state index contributed by atoms with van der Waals surface area (Å²) >= 11 is 3.13. The minimum Gasteiger partial charge on any atom is -0.357 e.